The minimum atomic E-state index is -0.192. The van der Waals surface area contributed by atoms with Gasteiger partial charge in [-0.25, -0.2) is 9.99 Å². The highest BCUT2D eigenvalue weighted by Crippen LogP contribution is 1.93. The Labute approximate surface area is 89.6 Å². The number of carbonyl (C=O) groups excluding carboxylic acids is 1. The summed E-state index contributed by atoms with van der Waals surface area (Å²) in [7, 11) is 1.87. The maximum Gasteiger partial charge on any atom is 0.277 e. The van der Waals surface area contributed by atoms with E-state index in [0.29, 0.717) is 11.5 Å². The van der Waals surface area contributed by atoms with E-state index in [2.05, 4.69) is 10.5 Å². The Hall–Kier alpha value is -1.71. The molecule has 1 amide bonds. The Morgan fingerprint density at radius 3 is 2.93 bits per heavy atom. The van der Waals surface area contributed by atoms with Gasteiger partial charge < -0.3 is 0 Å². The predicted molar refractivity (Wildman–Crippen MR) is 58.4 cm³/mol. The summed E-state index contributed by atoms with van der Waals surface area (Å²) in [6.45, 7) is 4.00. The quantitative estimate of drug-likeness (QED) is 0.445. The van der Waals surface area contributed by atoms with E-state index in [1.165, 1.54) is 0 Å². The fraction of sp³-hybridized carbons (Fsp3) is 0.364. The molecular weight excluding hydrogens is 190 g/mol. The lowest BCUT2D eigenvalue weighted by Crippen LogP contribution is -2.29. The molecule has 0 bridgehead atoms. The number of nitrogens with one attached hydrogen (secondary N) is 1. The van der Waals surface area contributed by atoms with E-state index in [0.717, 1.165) is 0 Å². The highest BCUT2D eigenvalue weighted by atomic mass is 16.2. The minimum Gasteiger partial charge on any atom is -0.267 e. The Bertz CT molecular complexity index is 372. The van der Waals surface area contributed by atoms with Crippen LogP contribution in [0.25, 0.3) is 0 Å². The molecule has 0 fully saturated rings. The highest BCUT2D eigenvalue weighted by molar-refractivity contribution is 5.93. The number of rotatable bonds is 3. The summed E-state index contributed by atoms with van der Waals surface area (Å²) >= 11 is 0. The number of amides is 1. The molecule has 0 atom stereocenters. The maximum absolute atomic E-state index is 11.5. The predicted octanol–water partition coefficient (Wildman–Crippen LogP) is 0.883. The Kier molecular flexibility index (Phi) is 3.97. The second-order valence-electron chi connectivity index (χ2n) is 3.72. The fourth-order valence-corrected chi connectivity index (χ4v) is 1.03. The molecule has 0 aliphatic rings. The number of hydrogen-bond donors (Lipinski definition) is 1. The van der Waals surface area contributed by atoms with Crippen molar-refractivity contribution < 1.29 is 9.36 Å². The van der Waals surface area contributed by atoms with Crippen molar-refractivity contribution in [3.63, 3.8) is 0 Å². The fourth-order valence-electron chi connectivity index (χ4n) is 1.03. The van der Waals surface area contributed by atoms with E-state index < -0.39 is 0 Å². The number of hydrazone groups is 1. The van der Waals surface area contributed by atoms with Crippen LogP contribution in [0.4, 0.5) is 0 Å². The van der Waals surface area contributed by atoms with Crippen molar-refractivity contribution in [2.75, 3.05) is 0 Å². The molecule has 1 heterocycles. The Morgan fingerprint density at radius 1 is 1.60 bits per heavy atom. The Morgan fingerprint density at radius 2 is 2.33 bits per heavy atom. The second-order valence-corrected chi connectivity index (χ2v) is 3.72. The summed E-state index contributed by atoms with van der Waals surface area (Å²) in [6, 6.07) is 3.57. The number of nitrogens with zero attached hydrogens (tertiary/aromatic N) is 2. The second kappa shape index (κ2) is 5.24. The van der Waals surface area contributed by atoms with Crippen molar-refractivity contribution in [3.8, 4) is 0 Å². The molecule has 0 radical (unpaired) electrons. The number of carbonyl (C=O) groups is 1. The van der Waals surface area contributed by atoms with Crippen LogP contribution in [0.2, 0.25) is 0 Å². The van der Waals surface area contributed by atoms with Crippen molar-refractivity contribution in [2.24, 2.45) is 18.1 Å². The molecule has 80 valence electrons. The lowest BCUT2D eigenvalue weighted by atomic mass is 10.2. The molecule has 1 rings (SSSR count). The van der Waals surface area contributed by atoms with Gasteiger partial charge in [0.2, 0.25) is 0 Å². The van der Waals surface area contributed by atoms with Crippen molar-refractivity contribution >= 4 is 12.1 Å². The Balaban J connectivity index is 2.62. The largest absolute Gasteiger partial charge is 0.277 e. The smallest absolute Gasteiger partial charge is 0.267 e. The summed E-state index contributed by atoms with van der Waals surface area (Å²) in [4.78, 5) is 11.5. The van der Waals surface area contributed by atoms with Gasteiger partial charge in [0.1, 0.15) is 12.6 Å². The molecule has 0 aromatic carbocycles. The molecule has 1 aromatic heterocycles. The summed E-state index contributed by atoms with van der Waals surface area (Å²) < 4.78 is 1.82. The van der Waals surface area contributed by atoms with E-state index >= 15 is 0 Å². The average molecular weight is 206 g/mol. The van der Waals surface area contributed by atoms with Crippen LogP contribution < -0.4 is 9.99 Å². The van der Waals surface area contributed by atoms with E-state index in [1.54, 1.807) is 18.5 Å². The van der Waals surface area contributed by atoms with Crippen LogP contribution in [-0.4, -0.2) is 12.1 Å². The van der Waals surface area contributed by atoms with E-state index in [4.69, 9.17) is 0 Å². The number of hydrogen-bond acceptors (Lipinski definition) is 2. The summed E-state index contributed by atoms with van der Waals surface area (Å²) in [5, 5.41) is 3.84. The van der Waals surface area contributed by atoms with Gasteiger partial charge in [-0.05, 0) is 12.0 Å². The van der Waals surface area contributed by atoms with Crippen LogP contribution >= 0.6 is 0 Å². The van der Waals surface area contributed by atoms with Crippen LogP contribution in [0.15, 0.2) is 29.6 Å². The number of aryl methyl sites for hydroxylation is 1. The van der Waals surface area contributed by atoms with Gasteiger partial charge in [0.05, 0.1) is 0 Å². The molecule has 15 heavy (non-hydrogen) atoms. The lowest BCUT2D eigenvalue weighted by molar-refractivity contribution is -0.671. The zero-order chi connectivity index (χ0) is 11.3. The van der Waals surface area contributed by atoms with Crippen LogP contribution in [0.1, 0.15) is 24.2 Å². The van der Waals surface area contributed by atoms with Crippen LogP contribution in [0.3, 0.4) is 0 Å². The zero-order valence-corrected chi connectivity index (χ0v) is 9.27. The summed E-state index contributed by atoms with van der Waals surface area (Å²) in [5.41, 5.74) is 3.07. The number of aromatic nitrogens is 1. The van der Waals surface area contributed by atoms with Crippen molar-refractivity contribution in [1.29, 1.82) is 0 Å². The van der Waals surface area contributed by atoms with E-state index in [9.17, 15) is 4.79 Å². The molecule has 0 aliphatic carbocycles. The zero-order valence-electron chi connectivity index (χ0n) is 9.27. The molecule has 1 aromatic rings. The van der Waals surface area contributed by atoms with Gasteiger partial charge in [0, 0.05) is 12.3 Å². The average Bonchev–Trinajstić information content (AvgIpc) is 2.17. The normalized spacial score (nSPS) is 10.9. The standard InChI is InChI=1S/C11H15N3O/c1-9(2)7-12-13-11(15)10-5-4-6-14(3)8-10/h4-9H,1-3H3/p+1/b12-7-. The van der Waals surface area contributed by atoms with Gasteiger partial charge in [0.25, 0.3) is 5.91 Å². The third-order valence-corrected chi connectivity index (χ3v) is 1.74. The third-order valence-electron chi connectivity index (χ3n) is 1.74. The monoisotopic (exact) mass is 206 g/mol. The first-order valence-corrected chi connectivity index (χ1v) is 4.88. The first-order chi connectivity index (χ1) is 7.09. The van der Waals surface area contributed by atoms with Gasteiger partial charge in [-0.2, -0.15) is 5.10 Å². The van der Waals surface area contributed by atoms with Crippen molar-refractivity contribution in [2.45, 2.75) is 13.8 Å². The van der Waals surface area contributed by atoms with Gasteiger partial charge in [-0.15, -0.1) is 0 Å². The highest BCUT2D eigenvalue weighted by Gasteiger charge is 2.07. The summed E-state index contributed by atoms with van der Waals surface area (Å²) in [5.74, 6) is 0.139. The first-order valence-electron chi connectivity index (χ1n) is 4.88. The van der Waals surface area contributed by atoms with Crippen LogP contribution in [0, 0.1) is 5.92 Å². The summed E-state index contributed by atoms with van der Waals surface area (Å²) in [6.07, 6.45) is 5.31. The van der Waals surface area contributed by atoms with Crippen molar-refractivity contribution in [3.05, 3.63) is 30.1 Å². The van der Waals surface area contributed by atoms with Gasteiger partial charge >= 0.3 is 0 Å². The van der Waals surface area contributed by atoms with Gasteiger partial charge in [-0.3, -0.25) is 4.79 Å². The van der Waals surface area contributed by atoms with Crippen LogP contribution in [-0.2, 0) is 7.05 Å². The molecule has 0 saturated carbocycles. The molecule has 0 saturated heterocycles. The minimum absolute atomic E-state index is 0.192. The van der Waals surface area contributed by atoms with Crippen LogP contribution in [0.5, 0.6) is 0 Å². The van der Waals surface area contributed by atoms with Gasteiger partial charge in [0.15, 0.2) is 12.4 Å². The molecule has 4 heteroatoms. The molecule has 0 aliphatic heterocycles. The van der Waals surface area contributed by atoms with E-state index in [-0.39, 0.29) is 5.91 Å². The topological polar surface area (TPSA) is 45.3 Å². The van der Waals surface area contributed by atoms with Crippen molar-refractivity contribution in [1.82, 2.24) is 5.43 Å². The maximum atomic E-state index is 11.5. The lowest BCUT2D eigenvalue weighted by Gasteiger charge is -1.98. The first kappa shape index (κ1) is 11.4. The molecule has 1 N–H and O–H groups in total. The molecule has 0 spiro atoms. The molecular formula is C11H16N3O+. The number of pyridine rings is 1. The molecule has 4 nitrogen and oxygen atoms in total. The third kappa shape index (κ3) is 3.89. The molecule has 0 unspecified atom stereocenters. The van der Waals surface area contributed by atoms with Gasteiger partial charge in [-0.1, -0.05) is 13.8 Å². The van der Waals surface area contributed by atoms with E-state index in [1.807, 2.05) is 37.7 Å². The SMILES string of the molecule is CC(C)/C=N\NC(=O)c1ccc[n+](C)c1.